The zero-order chi connectivity index (χ0) is 22.8. The Morgan fingerprint density at radius 3 is 2.26 bits per heavy atom. The molecular weight excluding hydrogens is 451 g/mol. The molecule has 0 aliphatic heterocycles. The molecule has 0 radical (unpaired) electrons. The topological polar surface area (TPSA) is 49.4 Å². The Morgan fingerprint density at radius 1 is 1.03 bits per heavy atom. The summed E-state index contributed by atoms with van der Waals surface area (Å²) in [5, 5.41) is 3.94. The smallest absolute Gasteiger partial charge is 0.242 e. The second-order valence-corrected chi connectivity index (χ2v) is 9.68. The van der Waals surface area contributed by atoms with Gasteiger partial charge in [-0.25, -0.2) is 0 Å². The largest absolute Gasteiger partial charge is 0.354 e. The van der Waals surface area contributed by atoms with Crippen molar-refractivity contribution in [1.29, 1.82) is 0 Å². The van der Waals surface area contributed by atoms with Gasteiger partial charge in [0.15, 0.2) is 0 Å². The van der Waals surface area contributed by atoms with Crippen LogP contribution in [0, 0.1) is 5.92 Å². The van der Waals surface area contributed by atoms with Gasteiger partial charge in [0, 0.05) is 45.8 Å². The van der Waals surface area contributed by atoms with Gasteiger partial charge in [0.05, 0.1) is 0 Å². The average Bonchev–Trinajstić information content (AvgIpc) is 2.74. The summed E-state index contributed by atoms with van der Waals surface area (Å²) < 4.78 is 0. The molecule has 0 aliphatic rings. The molecule has 2 amide bonds. The fraction of sp³-hybridized carbons (Fsp3) is 0.417. The Kier molecular flexibility index (Phi) is 10.7. The maximum absolute atomic E-state index is 13.2. The molecule has 7 heteroatoms. The number of halogens is 2. The number of hydrogen-bond acceptors (Lipinski definition) is 3. The summed E-state index contributed by atoms with van der Waals surface area (Å²) in [6, 6.07) is 14.6. The molecule has 2 aromatic rings. The van der Waals surface area contributed by atoms with Gasteiger partial charge in [-0.2, -0.15) is 0 Å². The van der Waals surface area contributed by atoms with E-state index in [0.29, 0.717) is 46.7 Å². The first-order chi connectivity index (χ1) is 14.8. The Labute approximate surface area is 199 Å². The quantitative estimate of drug-likeness (QED) is 0.397. The van der Waals surface area contributed by atoms with Crippen LogP contribution in [-0.4, -0.2) is 35.1 Å². The van der Waals surface area contributed by atoms with Crippen LogP contribution in [0.15, 0.2) is 53.4 Å². The minimum Gasteiger partial charge on any atom is -0.354 e. The van der Waals surface area contributed by atoms with E-state index in [1.54, 1.807) is 34.9 Å². The first kappa shape index (κ1) is 25.6. The first-order valence-corrected chi connectivity index (χ1v) is 12.3. The minimum atomic E-state index is -0.583. The Balaban J connectivity index is 2.18. The van der Waals surface area contributed by atoms with Gasteiger partial charge in [0.1, 0.15) is 6.04 Å². The number of rotatable bonds is 11. The molecule has 0 spiro atoms. The Bertz CT molecular complexity index is 842. The van der Waals surface area contributed by atoms with Crippen LogP contribution in [0.3, 0.4) is 0 Å². The van der Waals surface area contributed by atoms with Crippen molar-refractivity contribution in [1.82, 2.24) is 10.2 Å². The van der Waals surface area contributed by atoms with E-state index in [-0.39, 0.29) is 18.4 Å². The maximum Gasteiger partial charge on any atom is 0.242 e. The summed E-state index contributed by atoms with van der Waals surface area (Å²) >= 11 is 14.4. The van der Waals surface area contributed by atoms with E-state index >= 15 is 0 Å². The molecule has 168 valence electrons. The van der Waals surface area contributed by atoms with Crippen molar-refractivity contribution in [3.05, 3.63) is 64.1 Å². The van der Waals surface area contributed by atoms with Gasteiger partial charge in [0.25, 0.3) is 0 Å². The number of hydrogen-bond donors (Lipinski definition) is 1. The van der Waals surface area contributed by atoms with E-state index in [0.717, 1.165) is 4.90 Å². The highest BCUT2D eigenvalue weighted by molar-refractivity contribution is 7.99. The number of nitrogens with one attached hydrogen (secondary N) is 1. The fourth-order valence-corrected chi connectivity index (χ4v) is 4.49. The molecule has 0 heterocycles. The monoisotopic (exact) mass is 480 g/mol. The molecule has 1 N–H and O–H groups in total. The molecule has 1 atom stereocenters. The van der Waals surface area contributed by atoms with E-state index in [1.807, 2.05) is 51.1 Å². The third kappa shape index (κ3) is 8.06. The molecule has 0 aromatic heterocycles. The normalized spacial score (nSPS) is 11.9. The van der Waals surface area contributed by atoms with Crippen LogP contribution in [0.4, 0.5) is 0 Å². The molecule has 4 nitrogen and oxygen atoms in total. The summed E-state index contributed by atoms with van der Waals surface area (Å²) in [6.45, 7) is 6.74. The lowest BCUT2D eigenvalue weighted by molar-refractivity contribution is -0.141. The zero-order valence-electron chi connectivity index (χ0n) is 18.2. The van der Waals surface area contributed by atoms with Crippen LogP contribution in [-0.2, 0) is 16.1 Å². The summed E-state index contributed by atoms with van der Waals surface area (Å²) in [7, 11) is 0. The first-order valence-electron chi connectivity index (χ1n) is 10.5. The second-order valence-electron chi connectivity index (χ2n) is 7.70. The van der Waals surface area contributed by atoms with Gasteiger partial charge in [-0.1, -0.05) is 68.2 Å². The number of thioether (sulfide) groups is 1. The van der Waals surface area contributed by atoms with Crippen LogP contribution in [0.25, 0.3) is 0 Å². The van der Waals surface area contributed by atoms with Crippen molar-refractivity contribution in [2.24, 2.45) is 5.92 Å². The summed E-state index contributed by atoms with van der Waals surface area (Å²) in [5.74, 6) is 0.708. The number of carbonyl (C=O) groups excluding carboxylic acids is 2. The number of nitrogens with zero attached hydrogens (tertiary/aromatic N) is 1. The molecule has 31 heavy (non-hydrogen) atoms. The second kappa shape index (κ2) is 13.0. The van der Waals surface area contributed by atoms with Gasteiger partial charge in [0.2, 0.25) is 11.8 Å². The standard InChI is InChI=1S/C24H30Cl2N2O2S/c1-4-22(24(30)27-15-17(2)3)28(16-19-20(25)11-8-12-21(19)26)23(29)13-14-31-18-9-6-5-7-10-18/h5-12,17,22H,4,13-16H2,1-3H3,(H,27,30). The summed E-state index contributed by atoms with van der Waals surface area (Å²) in [4.78, 5) is 28.9. The van der Waals surface area contributed by atoms with E-state index in [2.05, 4.69) is 5.32 Å². The molecule has 2 aromatic carbocycles. The predicted octanol–water partition coefficient (Wildman–Crippen LogP) is 6.06. The predicted molar refractivity (Wildman–Crippen MR) is 131 cm³/mol. The van der Waals surface area contributed by atoms with E-state index < -0.39 is 6.04 Å². The van der Waals surface area contributed by atoms with Crippen molar-refractivity contribution in [2.75, 3.05) is 12.3 Å². The van der Waals surface area contributed by atoms with Gasteiger partial charge >= 0.3 is 0 Å². The summed E-state index contributed by atoms with van der Waals surface area (Å²) in [5.41, 5.74) is 0.657. The number of amides is 2. The van der Waals surface area contributed by atoms with Gasteiger partial charge in [-0.15, -0.1) is 11.8 Å². The highest BCUT2D eigenvalue weighted by Crippen LogP contribution is 2.27. The van der Waals surface area contributed by atoms with Crippen molar-refractivity contribution in [3.8, 4) is 0 Å². The Hall–Kier alpha value is -1.69. The average molecular weight is 481 g/mol. The number of benzene rings is 2. The molecule has 0 aliphatic carbocycles. The third-order valence-corrected chi connectivity index (χ3v) is 6.51. The summed E-state index contributed by atoms with van der Waals surface area (Å²) in [6.07, 6.45) is 0.819. The van der Waals surface area contributed by atoms with E-state index in [4.69, 9.17) is 23.2 Å². The Morgan fingerprint density at radius 2 is 1.68 bits per heavy atom. The maximum atomic E-state index is 13.2. The molecule has 2 rings (SSSR count). The van der Waals surface area contributed by atoms with Crippen LogP contribution >= 0.6 is 35.0 Å². The lowest BCUT2D eigenvalue weighted by Gasteiger charge is -2.31. The minimum absolute atomic E-state index is 0.0917. The van der Waals surface area contributed by atoms with Gasteiger partial charge < -0.3 is 10.2 Å². The molecule has 0 saturated heterocycles. The van der Waals surface area contributed by atoms with Crippen LogP contribution in [0.1, 0.15) is 39.2 Å². The molecule has 0 saturated carbocycles. The lowest BCUT2D eigenvalue weighted by atomic mass is 10.1. The van der Waals surface area contributed by atoms with Crippen molar-refractivity contribution in [2.45, 2.75) is 51.1 Å². The highest BCUT2D eigenvalue weighted by atomic mass is 35.5. The molecular formula is C24H30Cl2N2O2S. The molecule has 0 fully saturated rings. The van der Waals surface area contributed by atoms with Crippen molar-refractivity contribution in [3.63, 3.8) is 0 Å². The molecule has 1 unspecified atom stereocenters. The lowest BCUT2D eigenvalue weighted by Crippen LogP contribution is -2.49. The van der Waals surface area contributed by atoms with Crippen LogP contribution in [0.2, 0.25) is 10.0 Å². The zero-order valence-corrected chi connectivity index (χ0v) is 20.6. The number of carbonyl (C=O) groups is 2. The van der Waals surface area contributed by atoms with E-state index in [1.165, 1.54) is 0 Å². The van der Waals surface area contributed by atoms with Crippen LogP contribution < -0.4 is 5.32 Å². The highest BCUT2D eigenvalue weighted by Gasteiger charge is 2.29. The van der Waals surface area contributed by atoms with E-state index in [9.17, 15) is 9.59 Å². The SMILES string of the molecule is CCC(C(=O)NCC(C)C)N(Cc1c(Cl)cccc1Cl)C(=O)CCSc1ccccc1. The van der Waals surface area contributed by atoms with Gasteiger partial charge in [-0.3, -0.25) is 9.59 Å². The fourth-order valence-electron chi connectivity index (χ4n) is 3.11. The third-order valence-electron chi connectivity index (χ3n) is 4.79. The van der Waals surface area contributed by atoms with Gasteiger partial charge in [-0.05, 0) is 36.6 Å². The molecule has 0 bridgehead atoms. The van der Waals surface area contributed by atoms with Crippen LogP contribution in [0.5, 0.6) is 0 Å². The van der Waals surface area contributed by atoms with Crippen molar-refractivity contribution >= 4 is 46.8 Å². The van der Waals surface area contributed by atoms with Crippen molar-refractivity contribution < 1.29 is 9.59 Å².